The molecule has 1 aliphatic carbocycles. The van der Waals surface area contributed by atoms with Crippen molar-refractivity contribution in [2.24, 2.45) is 0 Å². The molecular formula is C12H14FN. The minimum atomic E-state index is -0.0959. The van der Waals surface area contributed by atoms with E-state index in [0.717, 1.165) is 19.4 Å². The van der Waals surface area contributed by atoms with E-state index in [9.17, 15) is 4.39 Å². The van der Waals surface area contributed by atoms with Crippen molar-refractivity contribution in [2.45, 2.75) is 31.2 Å². The number of halogens is 1. The summed E-state index contributed by atoms with van der Waals surface area (Å²) in [4.78, 5) is 0. The first-order chi connectivity index (χ1) is 6.80. The van der Waals surface area contributed by atoms with Crippen molar-refractivity contribution in [3.05, 3.63) is 35.1 Å². The third-order valence-corrected chi connectivity index (χ3v) is 3.42. The zero-order valence-corrected chi connectivity index (χ0v) is 8.15. The lowest BCUT2D eigenvalue weighted by molar-refractivity contribution is 0.529. The maximum atomic E-state index is 13.1. The Morgan fingerprint density at radius 2 is 2.14 bits per heavy atom. The molecule has 2 aliphatic rings. The van der Waals surface area contributed by atoms with Crippen LogP contribution < -0.4 is 5.32 Å². The maximum absolute atomic E-state index is 13.1. The Morgan fingerprint density at radius 3 is 2.93 bits per heavy atom. The maximum Gasteiger partial charge on any atom is 0.123 e. The number of nitrogens with one attached hydrogen (secondary N) is 1. The average molecular weight is 191 g/mol. The Balaban J connectivity index is 2.11. The third kappa shape index (κ3) is 1.17. The summed E-state index contributed by atoms with van der Waals surface area (Å²) in [6, 6.07) is 5.27. The lowest BCUT2D eigenvalue weighted by Crippen LogP contribution is -2.28. The quantitative estimate of drug-likeness (QED) is 0.663. The van der Waals surface area contributed by atoms with Crippen LogP contribution in [0.25, 0.3) is 0 Å². The second kappa shape index (κ2) is 2.80. The summed E-state index contributed by atoms with van der Waals surface area (Å²) in [7, 11) is 0. The molecule has 0 amide bonds. The molecule has 0 saturated heterocycles. The topological polar surface area (TPSA) is 12.0 Å². The van der Waals surface area contributed by atoms with Gasteiger partial charge in [0.2, 0.25) is 0 Å². The van der Waals surface area contributed by atoms with E-state index in [1.165, 1.54) is 24.0 Å². The van der Waals surface area contributed by atoms with Crippen LogP contribution in [0, 0.1) is 5.82 Å². The van der Waals surface area contributed by atoms with Crippen LogP contribution in [0.5, 0.6) is 0 Å². The number of hydrogen-bond donors (Lipinski definition) is 1. The first-order valence-electron chi connectivity index (χ1n) is 5.34. The summed E-state index contributed by atoms with van der Waals surface area (Å²) < 4.78 is 13.1. The van der Waals surface area contributed by atoms with E-state index in [1.807, 2.05) is 6.07 Å². The highest BCUT2D eigenvalue weighted by Gasteiger charge is 2.45. The molecule has 1 fully saturated rings. The van der Waals surface area contributed by atoms with Crippen molar-refractivity contribution >= 4 is 0 Å². The second-order valence-corrected chi connectivity index (χ2v) is 4.41. The van der Waals surface area contributed by atoms with Crippen LogP contribution in [-0.4, -0.2) is 6.54 Å². The minimum absolute atomic E-state index is 0.0959. The average Bonchev–Trinajstić information content (AvgIpc) is 2.95. The van der Waals surface area contributed by atoms with Crippen LogP contribution in [0.15, 0.2) is 18.2 Å². The van der Waals surface area contributed by atoms with Crippen LogP contribution in [0.1, 0.15) is 30.4 Å². The van der Waals surface area contributed by atoms with E-state index in [0.29, 0.717) is 0 Å². The molecule has 3 rings (SSSR count). The lowest BCUT2D eigenvalue weighted by Gasteiger charge is -2.17. The van der Waals surface area contributed by atoms with Gasteiger partial charge >= 0.3 is 0 Å². The van der Waals surface area contributed by atoms with E-state index in [-0.39, 0.29) is 11.4 Å². The van der Waals surface area contributed by atoms with E-state index in [2.05, 4.69) is 5.32 Å². The molecule has 2 heteroatoms. The Hall–Kier alpha value is -0.890. The smallest absolute Gasteiger partial charge is 0.123 e. The van der Waals surface area contributed by atoms with Gasteiger partial charge in [0.05, 0.1) is 0 Å². The Bertz CT molecular complexity index is 369. The molecule has 0 unspecified atom stereocenters. The standard InChI is InChI=1S/C12H14FN/c13-10-3-4-11-9(8-10)2-1-7-14-12(11)5-6-12/h3-4,8,14H,1-2,5-7H2. The lowest BCUT2D eigenvalue weighted by atomic mass is 9.97. The van der Waals surface area contributed by atoms with Gasteiger partial charge in [0, 0.05) is 5.54 Å². The van der Waals surface area contributed by atoms with Gasteiger partial charge in [-0.25, -0.2) is 4.39 Å². The minimum Gasteiger partial charge on any atom is -0.307 e. The van der Waals surface area contributed by atoms with Crippen molar-refractivity contribution in [1.82, 2.24) is 5.32 Å². The van der Waals surface area contributed by atoms with E-state index < -0.39 is 0 Å². The molecule has 0 atom stereocenters. The second-order valence-electron chi connectivity index (χ2n) is 4.41. The van der Waals surface area contributed by atoms with Gasteiger partial charge in [0.1, 0.15) is 5.82 Å². The molecule has 1 N–H and O–H groups in total. The number of fused-ring (bicyclic) bond motifs is 2. The Kier molecular flexibility index (Phi) is 1.68. The molecule has 1 heterocycles. The molecular weight excluding hydrogens is 177 g/mol. The highest BCUT2D eigenvalue weighted by Crippen LogP contribution is 2.47. The normalized spacial score (nSPS) is 22.9. The van der Waals surface area contributed by atoms with Gasteiger partial charge in [-0.3, -0.25) is 0 Å². The van der Waals surface area contributed by atoms with Crippen LogP contribution >= 0.6 is 0 Å². The Labute approximate surface area is 83.3 Å². The molecule has 1 aliphatic heterocycles. The zero-order chi connectivity index (χ0) is 9.60. The summed E-state index contributed by atoms with van der Waals surface area (Å²) in [6.07, 6.45) is 4.57. The molecule has 1 aromatic rings. The predicted molar refractivity (Wildman–Crippen MR) is 53.6 cm³/mol. The predicted octanol–water partition coefficient (Wildman–Crippen LogP) is 2.35. The van der Waals surface area contributed by atoms with E-state index >= 15 is 0 Å². The summed E-state index contributed by atoms with van der Waals surface area (Å²) in [5, 5.41) is 3.59. The fourth-order valence-corrected chi connectivity index (χ4v) is 2.51. The molecule has 14 heavy (non-hydrogen) atoms. The molecule has 1 saturated carbocycles. The molecule has 74 valence electrons. The van der Waals surface area contributed by atoms with Crippen molar-refractivity contribution in [3.8, 4) is 0 Å². The largest absolute Gasteiger partial charge is 0.307 e. The summed E-state index contributed by atoms with van der Waals surface area (Å²) >= 11 is 0. The van der Waals surface area contributed by atoms with Crippen molar-refractivity contribution < 1.29 is 4.39 Å². The fourth-order valence-electron chi connectivity index (χ4n) is 2.51. The molecule has 1 nitrogen and oxygen atoms in total. The highest BCUT2D eigenvalue weighted by atomic mass is 19.1. The van der Waals surface area contributed by atoms with Crippen molar-refractivity contribution in [1.29, 1.82) is 0 Å². The molecule has 0 radical (unpaired) electrons. The molecule has 1 aromatic carbocycles. The monoisotopic (exact) mass is 191 g/mol. The number of aryl methyl sites for hydroxylation is 1. The van der Waals surface area contributed by atoms with Gasteiger partial charge < -0.3 is 5.32 Å². The molecule has 1 spiro atoms. The van der Waals surface area contributed by atoms with Crippen LogP contribution in [-0.2, 0) is 12.0 Å². The van der Waals surface area contributed by atoms with Gasteiger partial charge in [-0.1, -0.05) is 6.07 Å². The number of rotatable bonds is 0. The first kappa shape index (κ1) is 8.42. The van der Waals surface area contributed by atoms with Crippen molar-refractivity contribution in [3.63, 3.8) is 0 Å². The summed E-state index contributed by atoms with van der Waals surface area (Å²) in [5.74, 6) is -0.0959. The summed E-state index contributed by atoms with van der Waals surface area (Å²) in [5.41, 5.74) is 2.78. The van der Waals surface area contributed by atoms with Crippen LogP contribution in [0.3, 0.4) is 0 Å². The van der Waals surface area contributed by atoms with Gasteiger partial charge in [-0.15, -0.1) is 0 Å². The SMILES string of the molecule is Fc1ccc2c(c1)CCCNC21CC1. The number of hydrogen-bond acceptors (Lipinski definition) is 1. The summed E-state index contributed by atoms with van der Waals surface area (Å²) in [6.45, 7) is 1.07. The van der Waals surface area contributed by atoms with E-state index in [1.54, 1.807) is 12.1 Å². The Morgan fingerprint density at radius 1 is 1.29 bits per heavy atom. The highest BCUT2D eigenvalue weighted by molar-refractivity contribution is 5.39. The zero-order valence-electron chi connectivity index (χ0n) is 8.15. The molecule has 0 bridgehead atoms. The van der Waals surface area contributed by atoms with Crippen LogP contribution in [0.4, 0.5) is 4.39 Å². The van der Waals surface area contributed by atoms with Crippen molar-refractivity contribution in [2.75, 3.05) is 6.54 Å². The number of benzene rings is 1. The molecule has 0 aromatic heterocycles. The first-order valence-corrected chi connectivity index (χ1v) is 5.34. The van der Waals surface area contributed by atoms with Gasteiger partial charge in [0.15, 0.2) is 0 Å². The third-order valence-electron chi connectivity index (χ3n) is 3.42. The van der Waals surface area contributed by atoms with Gasteiger partial charge in [-0.05, 0) is 55.5 Å². The fraction of sp³-hybridized carbons (Fsp3) is 0.500. The van der Waals surface area contributed by atoms with Crippen LogP contribution in [0.2, 0.25) is 0 Å². The van der Waals surface area contributed by atoms with Gasteiger partial charge in [0.25, 0.3) is 0 Å². The van der Waals surface area contributed by atoms with Gasteiger partial charge in [-0.2, -0.15) is 0 Å². The van der Waals surface area contributed by atoms with E-state index in [4.69, 9.17) is 0 Å².